The molecule has 0 fully saturated rings. The van der Waals surface area contributed by atoms with E-state index in [0.717, 1.165) is 0 Å². The number of amides is 14. The van der Waals surface area contributed by atoms with E-state index in [4.69, 9.17) is 50.0 Å². The molecule has 135 heavy (non-hydrogen) atoms. The number of hydrogen-bond acceptors (Lipinski definition) is 27. The number of guanidine groups is 3. The Hall–Kier alpha value is -13.2. The summed E-state index contributed by atoms with van der Waals surface area (Å²) in [6.45, 7) is 1.84. The minimum atomic E-state index is -5.64. The minimum Gasteiger partial charge on any atom is -0.481 e. The van der Waals surface area contributed by atoms with Crippen molar-refractivity contribution in [2.24, 2.45) is 40.5 Å². The van der Waals surface area contributed by atoms with E-state index in [1.54, 1.807) is 88.4 Å². The van der Waals surface area contributed by atoms with E-state index < -0.39 is 289 Å². The number of hydrogen-bond donors (Lipinski definition) is 33. The maximum absolute atomic E-state index is 15.1. The third kappa shape index (κ3) is 51.1. The summed E-state index contributed by atoms with van der Waals surface area (Å²) in [5.74, 6) is -25.4. The number of benzene rings is 2. The molecule has 0 saturated heterocycles. The number of aliphatic carboxylic acids is 4. The van der Waals surface area contributed by atoms with Crippen LogP contribution in [0.2, 0.25) is 0 Å². The minimum absolute atomic E-state index is 0.00302. The van der Waals surface area contributed by atoms with Gasteiger partial charge in [-0.05, 0) is 107 Å². The Labute approximate surface area is 774 Å². The van der Waals surface area contributed by atoms with Gasteiger partial charge in [0.2, 0.25) is 82.7 Å². The molecule has 2 aromatic carbocycles. The third-order valence-corrected chi connectivity index (χ3v) is 20.6. The van der Waals surface area contributed by atoms with Crippen LogP contribution < -0.4 is 119 Å². The van der Waals surface area contributed by atoms with E-state index in [9.17, 15) is 126 Å². The highest BCUT2D eigenvalue weighted by atomic mass is 31.2. The van der Waals surface area contributed by atoms with Gasteiger partial charge in [0.05, 0.1) is 32.2 Å². The molecule has 0 radical (unpaired) electrons. The number of carboxylic acids is 4. The molecular weight excluding hydrogens is 1830 g/mol. The standard InChI is InChI=1S/C78H127N25O30P2/c1-5-42(4)62(75(125)90-37-57(104)92-46(22-14-30-87-76(81)82)65(115)99-53(64(114)91-38-61(111)112)34-43-17-8-6-9-18-43)103-70(120)49(24-16-32-89-78(85)86)94-66(116)48(23-15-31-88-77(83)84)95-71(121)52(33-41(2)3)98-72(122)54(35-44-19-10-7-11-20-44)100-67(117)47(21-12-13-29-79)93-68(118)50(25-27-58(105)106)96-69(119)51(26-28-59(107)108)97-73(123)56(40-133-135(129,130)131)102-74(124)55(39-132-134(126,127)128)101-63(113)45(80)36-60(109)110/h6-11,17-20,41-42,45-56,62H,5,12-16,21-40,79-80H2,1-4H3,(H,90,125)(H,91,114)(H,92,104)(H,93,118)(H,94,116)(H,95,121)(H,96,119)(H,97,123)(H,98,122)(H,99,115)(H,100,117)(H,101,113)(H,102,124)(H,103,120)(H,105,106)(H,107,108)(H,109,110)(H,111,112)(H4,81,82,87)(H4,83,84,88)(H4,85,86,89)(H2,126,127,128)(H2,129,130,131)/t42-,45-,46-,47-,48-,49-,50-,51-,52-,53-,54-,55-,56-,62-/m0/s1/i57+1,71+1,72+1,73+1,74+1,75+1. The summed E-state index contributed by atoms with van der Waals surface area (Å²) in [6.07, 6.45) is -6.02. The molecule has 14 atom stereocenters. The van der Waals surface area contributed by atoms with Crippen molar-refractivity contribution < 1.29 is 144 Å². The van der Waals surface area contributed by atoms with E-state index in [1.165, 1.54) is 0 Å². The molecule has 55 nitrogen and oxygen atoms in total. The van der Waals surface area contributed by atoms with Gasteiger partial charge in [-0.25, -0.2) is 9.13 Å². The third-order valence-electron chi connectivity index (χ3n) is 19.6. The molecule has 14 amide bonds. The van der Waals surface area contributed by atoms with Gasteiger partial charge in [-0.3, -0.25) is 112 Å². The molecule has 0 saturated carbocycles. The van der Waals surface area contributed by atoms with Gasteiger partial charge in [-0.1, -0.05) is 94.8 Å². The summed E-state index contributed by atoms with van der Waals surface area (Å²) in [4.78, 5) is 284. The number of nitrogens with one attached hydrogen (secondary N) is 20. The zero-order chi connectivity index (χ0) is 102. The van der Waals surface area contributed by atoms with Gasteiger partial charge >= 0.3 is 39.5 Å². The number of unbranched alkanes of at least 4 members (excludes halogenated alkanes) is 1. The van der Waals surface area contributed by atoms with E-state index in [2.05, 4.69) is 83.5 Å². The Morgan fingerprint density at radius 3 is 1.04 bits per heavy atom. The highest BCUT2D eigenvalue weighted by Gasteiger charge is 2.40. The Morgan fingerprint density at radius 1 is 0.370 bits per heavy atom. The van der Waals surface area contributed by atoms with E-state index in [1.807, 2.05) is 16.0 Å². The molecule has 0 heterocycles. The molecule has 0 aliphatic carbocycles. The molecule has 0 unspecified atom stereocenters. The predicted molar refractivity (Wildman–Crippen MR) is 476 cm³/mol. The van der Waals surface area contributed by atoms with Gasteiger partial charge in [0.25, 0.3) is 0 Å². The van der Waals surface area contributed by atoms with E-state index >= 15 is 4.79 Å². The second-order valence-electron chi connectivity index (χ2n) is 31.3. The van der Waals surface area contributed by atoms with Gasteiger partial charge in [0, 0.05) is 45.3 Å². The topological polar surface area (TPSA) is 928 Å². The number of rotatable bonds is 67. The number of carboxylic acid groups (broad SMARTS) is 4. The van der Waals surface area contributed by atoms with Crippen LogP contribution in [0.5, 0.6) is 0 Å². The molecule has 0 aromatic heterocycles. The first-order valence-corrected chi connectivity index (χ1v) is 45.6. The van der Waals surface area contributed by atoms with Crippen LogP contribution in [0.4, 0.5) is 0 Å². The lowest BCUT2D eigenvalue weighted by Crippen LogP contribution is -2.61. The van der Waals surface area contributed by atoms with Crippen LogP contribution in [-0.4, -0.2) is 295 Å². The summed E-state index contributed by atoms with van der Waals surface area (Å²) < 4.78 is 32.3. The predicted octanol–water partition coefficient (Wildman–Crippen LogP) is -8.63. The molecule has 57 heteroatoms. The highest BCUT2D eigenvalue weighted by molar-refractivity contribution is 7.46. The zero-order valence-corrected chi connectivity index (χ0v) is 76.4. The maximum Gasteiger partial charge on any atom is 0.469 e. The fraction of sp³-hybridized carbons (Fsp3) is 0.577. The Balaban J connectivity index is 2.71. The van der Waals surface area contributed by atoms with Gasteiger partial charge in [-0.15, -0.1) is 0 Å². The number of nitrogens with two attached hydrogens (primary N) is 5. The lowest BCUT2D eigenvalue weighted by atomic mass is 10.0. The molecule has 0 spiro atoms. The van der Waals surface area contributed by atoms with Crippen LogP contribution in [-0.2, 0) is 117 Å². The summed E-state index contributed by atoms with van der Waals surface area (Å²) in [5, 5.41) is 102. The lowest BCUT2D eigenvalue weighted by Gasteiger charge is -2.29. The highest BCUT2D eigenvalue weighted by Crippen LogP contribution is 2.37. The summed E-state index contributed by atoms with van der Waals surface area (Å²) in [6, 6.07) is -7.29. The van der Waals surface area contributed by atoms with Crippen LogP contribution >= 0.6 is 15.6 Å². The Kier molecular flexibility index (Phi) is 53.8. The first-order chi connectivity index (χ1) is 63.3. The number of carbonyl (C=O) groups is 18. The largest absolute Gasteiger partial charge is 0.481 e. The van der Waals surface area contributed by atoms with E-state index in [0.29, 0.717) is 11.1 Å². The second kappa shape index (κ2) is 61.6. The van der Waals surface area contributed by atoms with Crippen LogP contribution in [0, 0.1) is 28.1 Å². The quantitative estimate of drug-likeness (QED) is 0.00961. The van der Waals surface area contributed by atoms with Crippen molar-refractivity contribution in [1.29, 1.82) is 16.2 Å². The van der Waals surface area contributed by atoms with E-state index in [-0.39, 0.29) is 110 Å². The molecule has 0 aliphatic rings. The van der Waals surface area contributed by atoms with Crippen LogP contribution in [0.25, 0.3) is 0 Å². The Morgan fingerprint density at radius 2 is 0.689 bits per heavy atom. The Bertz CT molecular complexity index is 4460. The van der Waals surface area contributed by atoms with Crippen molar-refractivity contribution in [2.45, 2.75) is 222 Å². The van der Waals surface area contributed by atoms with Crippen molar-refractivity contribution >= 4 is 140 Å². The molecule has 2 aromatic rings. The fourth-order valence-corrected chi connectivity index (χ4v) is 13.2. The number of carbonyl (C=O) groups excluding carboxylic acids is 14. The van der Waals surface area contributed by atoms with Gasteiger partial charge in [0.1, 0.15) is 79.0 Å². The molecule has 0 aliphatic heterocycles. The molecule has 38 N–H and O–H groups in total. The van der Waals surface area contributed by atoms with Crippen molar-refractivity contribution in [3.05, 3.63) is 71.8 Å². The van der Waals surface area contributed by atoms with Gasteiger partial charge in [0.15, 0.2) is 17.9 Å². The first-order valence-electron chi connectivity index (χ1n) is 42.6. The fourth-order valence-electron chi connectivity index (χ4n) is 12.5. The average Bonchev–Trinajstić information content (AvgIpc) is 0.841. The number of phosphoric ester groups is 2. The van der Waals surface area contributed by atoms with Crippen LogP contribution in [0.15, 0.2) is 60.7 Å². The smallest absolute Gasteiger partial charge is 0.469 e. The van der Waals surface area contributed by atoms with Crippen LogP contribution in [0.3, 0.4) is 0 Å². The number of phosphoric acid groups is 2. The second-order valence-corrected chi connectivity index (χ2v) is 33.8. The first kappa shape index (κ1) is 118. The van der Waals surface area contributed by atoms with Gasteiger partial charge < -0.3 is 159 Å². The summed E-state index contributed by atoms with van der Waals surface area (Å²) in [7, 11) is -11.2. The summed E-state index contributed by atoms with van der Waals surface area (Å²) in [5.41, 5.74) is 28.9. The molecule has 2 rings (SSSR count). The van der Waals surface area contributed by atoms with Crippen molar-refractivity contribution in [2.75, 3.05) is 52.5 Å². The van der Waals surface area contributed by atoms with Gasteiger partial charge in [-0.2, -0.15) is 0 Å². The monoisotopic (exact) mass is 1960 g/mol. The maximum atomic E-state index is 15.1. The normalized spacial score (nSPS) is 14.3. The molecule has 0 bridgehead atoms. The lowest BCUT2D eigenvalue weighted by molar-refractivity contribution is -0.140. The SMILES string of the molecule is CC[C@H](C)[C@H](NC(=O)[C@H](CCCNC(=N)N)NC(=O)[C@H](CCCNC(=N)N)N[13C](=O)[C@H](CC(C)C)N[13C](=O)[C@H](Cc1ccccc1)NC(=O)[C@H](CCCCN)NC(=O)[C@H](CCC(=O)O)NC(=O)[C@H](CCC(=O)O)N[13C](=O)[C@H](COP(=O)(O)O)N[13C](=O)[C@H](COP(=O)(O)O)NC(=O)[C@@H](N)CC(=O)O)[13C](=O)NC[13C](=O)N[C@@H](CCCNC(=N)N)C(=O)N[C@@H](Cc1ccccc1)C(=O)NCC(=O)O. The molecular formula is C78H127N25O30P2. The summed E-state index contributed by atoms with van der Waals surface area (Å²) >= 11 is 0. The average molecular weight is 1960 g/mol. The van der Waals surface area contributed by atoms with Crippen molar-refractivity contribution in [3.63, 3.8) is 0 Å². The zero-order valence-electron chi connectivity index (χ0n) is 74.7. The molecule has 754 valence electrons. The van der Waals surface area contributed by atoms with Crippen LogP contribution in [0.1, 0.15) is 142 Å². The van der Waals surface area contributed by atoms with Crippen molar-refractivity contribution in [3.8, 4) is 0 Å². The van der Waals surface area contributed by atoms with Crippen molar-refractivity contribution in [1.82, 2.24) is 90.4 Å².